The zero-order chi connectivity index (χ0) is 9.84. The minimum absolute atomic E-state index is 0.0174. The lowest BCUT2D eigenvalue weighted by Gasteiger charge is -2.04. The van der Waals surface area contributed by atoms with E-state index in [0.717, 1.165) is 0 Å². The molecule has 1 aromatic heterocycles. The van der Waals surface area contributed by atoms with Crippen molar-refractivity contribution in [3.8, 4) is 0 Å². The Morgan fingerprint density at radius 3 is 2.15 bits per heavy atom. The van der Waals surface area contributed by atoms with Crippen LogP contribution < -0.4 is 28.1 Å². The van der Waals surface area contributed by atoms with Gasteiger partial charge in [0.1, 0.15) is 0 Å². The van der Waals surface area contributed by atoms with E-state index >= 15 is 0 Å². The van der Waals surface area contributed by atoms with E-state index in [2.05, 4.69) is 20.4 Å². The van der Waals surface area contributed by atoms with Crippen LogP contribution in [0.2, 0.25) is 0 Å². The van der Waals surface area contributed by atoms with Crippen molar-refractivity contribution in [2.24, 2.45) is 5.73 Å². The molecule has 1 rings (SSSR count). The summed E-state index contributed by atoms with van der Waals surface area (Å²) in [5, 5.41) is 0. The molecule has 0 saturated carbocycles. The summed E-state index contributed by atoms with van der Waals surface area (Å²) in [7, 11) is 0. The van der Waals surface area contributed by atoms with E-state index < -0.39 is 6.03 Å². The van der Waals surface area contributed by atoms with Crippen LogP contribution in [-0.4, -0.2) is 21.0 Å². The number of nitrogens with zero attached hydrogens (tertiary/aromatic N) is 3. The Kier molecular flexibility index (Phi) is 2.28. The highest BCUT2D eigenvalue weighted by Crippen LogP contribution is 2.01. The van der Waals surface area contributed by atoms with Gasteiger partial charge in [0, 0.05) is 0 Å². The second-order valence-electron chi connectivity index (χ2n) is 1.99. The average molecular weight is 184 g/mol. The van der Waals surface area contributed by atoms with Crippen LogP contribution in [0.3, 0.4) is 0 Å². The molecule has 0 saturated heterocycles. The molecule has 9 nitrogen and oxygen atoms in total. The number of carbonyl (C=O) groups excluding carboxylic acids is 1. The number of hydrogen-bond acceptors (Lipinski definition) is 7. The summed E-state index contributed by atoms with van der Waals surface area (Å²) in [6.07, 6.45) is 0. The molecule has 0 aliphatic carbocycles. The van der Waals surface area contributed by atoms with Gasteiger partial charge in [0.05, 0.1) is 0 Å². The van der Waals surface area contributed by atoms with Crippen LogP contribution in [0.15, 0.2) is 0 Å². The maximum Gasteiger partial charge on any atom is 0.330 e. The summed E-state index contributed by atoms with van der Waals surface area (Å²) in [6, 6.07) is -0.780. The van der Waals surface area contributed by atoms with Crippen molar-refractivity contribution in [1.29, 1.82) is 0 Å². The fourth-order valence-corrected chi connectivity index (χ4v) is 0.583. The lowest BCUT2D eigenvalue weighted by molar-refractivity contribution is 0.250. The molecule has 0 fully saturated rings. The van der Waals surface area contributed by atoms with Crippen molar-refractivity contribution < 1.29 is 4.79 Å². The molecular formula is C4H8N8O. The van der Waals surface area contributed by atoms with Gasteiger partial charge in [-0.15, -0.1) is 0 Å². The number of nitrogens with one attached hydrogen (secondary N) is 2. The predicted octanol–water partition coefficient (Wildman–Crippen LogP) is -1.97. The van der Waals surface area contributed by atoms with Gasteiger partial charge in [0.2, 0.25) is 17.8 Å². The summed E-state index contributed by atoms with van der Waals surface area (Å²) in [5.41, 5.74) is 19.6. The maximum atomic E-state index is 10.3. The molecule has 0 aliphatic rings. The number of rotatable bonds is 2. The molecule has 0 radical (unpaired) electrons. The van der Waals surface area contributed by atoms with Gasteiger partial charge in [0.25, 0.3) is 0 Å². The molecule has 0 spiro atoms. The number of nitrogen functional groups attached to an aromatic ring is 2. The SMILES string of the molecule is NC(=O)NNc1nc(N)nc(N)n1. The third-order valence-electron chi connectivity index (χ3n) is 0.968. The highest BCUT2D eigenvalue weighted by molar-refractivity contribution is 5.72. The van der Waals surface area contributed by atoms with E-state index in [-0.39, 0.29) is 17.8 Å². The largest absolute Gasteiger partial charge is 0.368 e. The van der Waals surface area contributed by atoms with Gasteiger partial charge in [-0.05, 0) is 0 Å². The highest BCUT2D eigenvalue weighted by atomic mass is 16.2. The van der Waals surface area contributed by atoms with E-state index in [0.29, 0.717) is 0 Å². The van der Waals surface area contributed by atoms with Crippen molar-refractivity contribution in [3.05, 3.63) is 0 Å². The Morgan fingerprint density at radius 2 is 1.69 bits per heavy atom. The number of primary amides is 1. The predicted molar refractivity (Wildman–Crippen MR) is 45.0 cm³/mol. The second-order valence-corrected chi connectivity index (χ2v) is 1.99. The van der Waals surface area contributed by atoms with Gasteiger partial charge in [-0.2, -0.15) is 15.0 Å². The monoisotopic (exact) mass is 184 g/mol. The second kappa shape index (κ2) is 3.38. The molecule has 0 atom stereocenters. The molecule has 1 heterocycles. The van der Waals surface area contributed by atoms with Crippen LogP contribution in [0, 0.1) is 0 Å². The molecule has 9 heteroatoms. The summed E-state index contributed by atoms with van der Waals surface area (Å²) < 4.78 is 0. The zero-order valence-corrected chi connectivity index (χ0v) is 6.48. The van der Waals surface area contributed by atoms with Crippen LogP contribution in [0.5, 0.6) is 0 Å². The third kappa shape index (κ3) is 2.65. The quantitative estimate of drug-likeness (QED) is 0.333. The molecule has 0 aromatic carbocycles. The lowest BCUT2D eigenvalue weighted by Crippen LogP contribution is -2.35. The van der Waals surface area contributed by atoms with Gasteiger partial charge >= 0.3 is 6.03 Å². The fraction of sp³-hybridized carbons (Fsp3) is 0. The number of nitrogens with two attached hydrogens (primary N) is 3. The zero-order valence-electron chi connectivity index (χ0n) is 6.48. The number of aromatic nitrogens is 3. The Labute approximate surface area is 72.7 Å². The average Bonchev–Trinajstić information content (AvgIpc) is 1.99. The molecular weight excluding hydrogens is 176 g/mol. The van der Waals surface area contributed by atoms with E-state index in [1.165, 1.54) is 0 Å². The van der Waals surface area contributed by atoms with Crippen molar-refractivity contribution >= 4 is 23.9 Å². The van der Waals surface area contributed by atoms with Crippen LogP contribution in [-0.2, 0) is 0 Å². The number of anilines is 3. The molecule has 0 aliphatic heterocycles. The van der Waals surface area contributed by atoms with Crippen molar-refractivity contribution in [2.75, 3.05) is 16.9 Å². The van der Waals surface area contributed by atoms with Gasteiger partial charge in [-0.3, -0.25) is 5.43 Å². The Balaban J connectivity index is 2.71. The molecule has 0 bridgehead atoms. The molecule has 2 amide bonds. The van der Waals surface area contributed by atoms with E-state index in [1.54, 1.807) is 0 Å². The lowest BCUT2D eigenvalue weighted by atomic mass is 10.8. The van der Waals surface area contributed by atoms with Gasteiger partial charge in [0.15, 0.2) is 0 Å². The first kappa shape index (κ1) is 8.77. The van der Waals surface area contributed by atoms with Gasteiger partial charge < -0.3 is 17.2 Å². The summed E-state index contributed by atoms with van der Waals surface area (Å²) in [6.45, 7) is 0. The first-order chi connectivity index (χ1) is 6.08. The van der Waals surface area contributed by atoms with Gasteiger partial charge in [-0.1, -0.05) is 0 Å². The van der Waals surface area contributed by atoms with E-state index in [4.69, 9.17) is 17.2 Å². The van der Waals surface area contributed by atoms with Crippen molar-refractivity contribution in [1.82, 2.24) is 20.4 Å². The number of hydrogen-bond donors (Lipinski definition) is 5. The number of hydrazine groups is 1. The summed E-state index contributed by atoms with van der Waals surface area (Å²) >= 11 is 0. The van der Waals surface area contributed by atoms with Crippen molar-refractivity contribution in [2.45, 2.75) is 0 Å². The molecule has 8 N–H and O–H groups in total. The molecule has 13 heavy (non-hydrogen) atoms. The Hall–Kier alpha value is -2.32. The number of urea groups is 1. The molecule has 70 valence electrons. The van der Waals surface area contributed by atoms with E-state index in [9.17, 15) is 4.79 Å². The normalized spacial score (nSPS) is 9.23. The maximum absolute atomic E-state index is 10.3. The molecule has 0 unspecified atom stereocenters. The number of carbonyl (C=O) groups is 1. The van der Waals surface area contributed by atoms with Crippen LogP contribution in [0.4, 0.5) is 22.6 Å². The third-order valence-corrected chi connectivity index (χ3v) is 0.968. The smallest absolute Gasteiger partial charge is 0.330 e. The summed E-state index contributed by atoms with van der Waals surface area (Å²) in [4.78, 5) is 21.0. The van der Waals surface area contributed by atoms with Crippen molar-refractivity contribution in [3.63, 3.8) is 0 Å². The van der Waals surface area contributed by atoms with E-state index in [1.807, 2.05) is 5.43 Å². The molecule has 1 aromatic rings. The van der Waals surface area contributed by atoms with Crippen LogP contribution in [0.25, 0.3) is 0 Å². The van der Waals surface area contributed by atoms with Crippen LogP contribution in [0.1, 0.15) is 0 Å². The number of amides is 2. The minimum Gasteiger partial charge on any atom is -0.368 e. The summed E-state index contributed by atoms with van der Waals surface area (Å²) in [5.74, 6) is -0.0914. The first-order valence-electron chi connectivity index (χ1n) is 3.16. The standard InChI is InChI=1S/C4H8N8O/c5-1-8-2(6)10-4(9-1)12-11-3(7)13/h(H3,7,11,13)(H5,5,6,8,9,10,12). The Bertz CT molecular complexity index is 304. The fourth-order valence-electron chi connectivity index (χ4n) is 0.583. The highest BCUT2D eigenvalue weighted by Gasteiger charge is 2.00. The first-order valence-corrected chi connectivity index (χ1v) is 3.16. The van der Waals surface area contributed by atoms with Crippen LogP contribution >= 0.6 is 0 Å². The topological polar surface area (TPSA) is 158 Å². The van der Waals surface area contributed by atoms with Gasteiger partial charge in [-0.25, -0.2) is 10.2 Å². The minimum atomic E-state index is -0.780. The Morgan fingerprint density at radius 1 is 1.15 bits per heavy atom.